The molecule has 1 aliphatic rings. The van der Waals surface area contributed by atoms with E-state index in [1.165, 1.54) is 0 Å². The fraction of sp³-hybridized carbons (Fsp3) is 0.500. The fourth-order valence-corrected chi connectivity index (χ4v) is 3.23. The van der Waals surface area contributed by atoms with Crippen molar-refractivity contribution >= 4 is 11.7 Å². The van der Waals surface area contributed by atoms with Gasteiger partial charge in [-0.2, -0.15) is 0 Å². The smallest absolute Gasteiger partial charge is 0.259 e. The summed E-state index contributed by atoms with van der Waals surface area (Å²) >= 11 is 0. The van der Waals surface area contributed by atoms with Crippen LogP contribution in [0.4, 0.5) is 5.82 Å². The molecule has 7 heteroatoms. The number of nitrogens with one attached hydrogen (secondary N) is 1. The summed E-state index contributed by atoms with van der Waals surface area (Å²) in [6.07, 6.45) is 2.13. The van der Waals surface area contributed by atoms with E-state index in [-0.39, 0.29) is 24.5 Å². The maximum Gasteiger partial charge on any atom is 0.259 e. The molecule has 1 fully saturated rings. The number of aromatic nitrogens is 1. The second kappa shape index (κ2) is 8.43. The number of amides is 1. The third-order valence-corrected chi connectivity index (χ3v) is 4.98. The molecule has 0 saturated carbocycles. The maximum absolute atomic E-state index is 13.1. The Morgan fingerprint density at radius 2 is 1.96 bits per heavy atom. The number of ether oxygens (including phenoxy) is 1. The Labute approximate surface area is 159 Å². The van der Waals surface area contributed by atoms with Gasteiger partial charge in [0.1, 0.15) is 11.3 Å². The molecule has 2 heterocycles. The van der Waals surface area contributed by atoms with Gasteiger partial charge >= 0.3 is 0 Å². The quantitative estimate of drug-likeness (QED) is 0.776. The first-order valence-corrected chi connectivity index (χ1v) is 9.36. The molecule has 146 valence electrons. The molecule has 0 aliphatic carbocycles. The highest BCUT2D eigenvalue weighted by atomic mass is 16.5. The van der Waals surface area contributed by atoms with Crippen LogP contribution in [0, 0.1) is 5.92 Å². The van der Waals surface area contributed by atoms with Crippen LogP contribution in [0.15, 0.2) is 28.8 Å². The third kappa shape index (κ3) is 4.08. The first kappa shape index (κ1) is 19.2. The molecule has 0 radical (unpaired) electrons. The summed E-state index contributed by atoms with van der Waals surface area (Å²) in [5, 5.41) is 16.7. The molecule has 1 aliphatic heterocycles. The number of carbonyl (C=O) groups is 1. The predicted molar refractivity (Wildman–Crippen MR) is 103 cm³/mol. The van der Waals surface area contributed by atoms with Crippen LogP contribution >= 0.6 is 0 Å². The Kier molecular flexibility index (Phi) is 6.01. The van der Waals surface area contributed by atoms with E-state index in [1.807, 2.05) is 38.1 Å². The lowest BCUT2D eigenvalue weighted by Crippen LogP contribution is -2.41. The maximum atomic E-state index is 13.1. The summed E-state index contributed by atoms with van der Waals surface area (Å²) in [7, 11) is 1.61. The molecular weight excluding hydrogens is 346 g/mol. The van der Waals surface area contributed by atoms with Crippen molar-refractivity contribution in [2.45, 2.75) is 32.7 Å². The monoisotopic (exact) mass is 373 g/mol. The number of rotatable bonds is 7. The number of hydrogen-bond acceptors (Lipinski definition) is 6. The van der Waals surface area contributed by atoms with E-state index in [9.17, 15) is 9.90 Å². The topological polar surface area (TPSA) is 87.8 Å². The highest BCUT2D eigenvalue weighted by molar-refractivity contribution is 6.04. The second-order valence-corrected chi connectivity index (χ2v) is 7.14. The number of nitrogens with zero attached hydrogens (tertiary/aromatic N) is 2. The zero-order valence-corrected chi connectivity index (χ0v) is 16.1. The molecule has 1 amide bonds. The van der Waals surface area contributed by atoms with Crippen LogP contribution in [0.1, 0.15) is 37.0 Å². The number of carbonyl (C=O) groups excluding carboxylic acids is 1. The number of anilines is 1. The second-order valence-electron chi connectivity index (χ2n) is 7.14. The molecule has 0 bridgehead atoms. The van der Waals surface area contributed by atoms with Crippen LogP contribution in [0.25, 0.3) is 11.3 Å². The van der Waals surface area contributed by atoms with Crippen molar-refractivity contribution in [1.82, 2.24) is 10.5 Å². The van der Waals surface area contributed by atoms with Crippen LogP contribution in [0.3, 0.4) is 0 Å². The molecule has 27 heavy (non-hydrogen) atoms. The van der Waals surface area contributed by atoms with Gasteiger partial charge in [0.15, 0.2) is 11.6 Å². The fourth-order valence-electron chi connectivity index (χ4n) is 3.23. The van der Waals surface area contributed by atoms with E-state index in [4.69, 9.17) is 9.26 Å². The lowest BCUT2D eigenvalue weighted by molar-refractivity contribution is 0.0897. The van der Waals surface area contributed by atoms with Gasteiger partial charge in [-0.25, -0.2) is 0 Å². The predicted octanol–water partition coefficient (Wildman–Crippen LogP) is 2.70. The van der Waals surface area contributed by atoms with E-state index in [0.717, 1.165) is 37.2 Å². The van der Waals surface area contributed by atoms with Gasteiger partial charge in [-0.05, 0) is 43.0 Å². The minimum atomic E-state index is -0.331. The number of methoxy groups -OCH3 is 1. The Morgan fingerprint density at radius 1 is 1.30 bits per heavy atom. The van der Waals surface area contributed by atoms with Crippen LogP contribution in [-0.2, 0) is 0 Å². The molecule has 2 N–H and O–H groups in total. The summed E-state index contributed by atoms with van der Waals surface area (Å²) < 4.78 is 10.8. The zero-order chi connectivity index (χ0) is 19.4. The summed E-state index contributed by atoms with van der Waals surface area (Å²) in [6.45, 7) is 5.50. The minimum absolute atomic E-state index is 0.110. The first-order valence-electron chi connectivity index (χ1n) is 9.36. The Hall–Kier alpha value is -2.54. The van der Waals surface area contributed by atoms with E-state index < -0.39 is 0 Å². The van der Waals surface area contributed by atoms with Gasteiger partial charge in [-0.15, -0.1) is 0 Å². The molecule has 1 aromatic carbocycles. The number of hydrogen-bond donors (Lipinski definition) is 2. The highest BCUT2D eigenvalue weighted by Gasteiger charge is 2.30. The largest absolute Gasteiger partial charge is 0.497 e. The molecular formula is C20H27N3O4. The van der Waals surface area contributed by atoms with Crippen molar-refractivity contribution in [2.24, 2.45) is 5.92 Å². The van der Waals surface area contributed by atoms with Crippen molar-refractivity contribution < 1.29 is 19.2 Å². The minimum Gasteiger partial charge on any atom is -0.497 e. The molecule has 7 nitrogen and oxygen atoms in total. The van der Waals surface area contributed by atoms with Crippen molar-refractivity contribution in [3.63, 3.8) is 0 Å². The molecule has 0 unspecified atom stereocenters. The Bertz CT molecular complexity index is 764. The molecule has 2 aromatic rings. The van der Waals surface area contributed by atoms with E-state index in [1.54, 1.807) is 7.11 Å². The van der Waals surface area contributed by atoms with Crippen LogP contribution in [0.2, 0.25) is 0 Å². The first-order chi connectivity index (χ1) is 13.0. The van der Waals surface area contributed by atoms with Gasteiger partial charge in [0.2, 0.25) is 0 Å². The SMILES string of the molecule is COc1ccc(-c2onc(N3CCCC3)c2C(=O)N[C@H](CO)C(C)C)cc1. The average Bonchev–Trinajstić information content (AvgIpc) is 3.35. The normalized spacial score (nSPS) is 15.2. The van der Waals surface area contributed by atoms with Gasteiger partial charge in [-0.1, -0.05) is 19.0 Å². The summed E-state index contributed by atoms with van der Waals surface area (Å²) in [5.74, 6) is 1.55. The number of benzene rings is 1. The van der Waals surface area contributed by atoms with Gasteiger partial charge in [0.25, 0.3) is 5.91 Å². The summed E-state index contributed by atoms with van der Waals surface area (Å²) in [5.41, 5.74) is 1.17. The standard InChI is InChI=1S/C20H27N3O4/c1-13(2)16(12-24)21-20(25)17-18(14-6-8-15(26-3)9-7-14)27-22-19(17)23-10-4-5-11-23/h6-9,13,16,24H,4-5,10-12H2,1-3H3,(H,21,25)/t16-/m1/s1. The van der Waals surface area contributed by atoms with Crippen molar-refractivity contribution in [2.75, 3.05) is 31.7 Å². The Morgan fingerprint density at radius 3 is 2.52 bits per heavy atom. The van der Waals surface area contributed by atoms with Gasteiger partial charge < -0.3 is 24.6 Å². The number of aliphatic hydroxyl groups is 1. The van der Waals surface area contributed by atoms with Crippen molar-refractivity contribution in [3.05, 3.63) is 29.8 Å². The molecule has 1 atom stereocenters. The average molecular weight is 373 g/mol. The highest BCUT2D eigenvalue weighted by Crippen LogP contribution is 2.33. The molecule has 1 aromatic heterocycles. The molecule has 0 spiro atoms. The van der Waals surface area contributed by atoms with Crippen molar-refractivity contribution in [1.29, 1.82) is 0 Å². The van der Waals surface area contributed by atoms with Crippen LogP contribution < -0.4 is 15.0 Å². The van der Waals surface area contributed by atoms with Gasteiger partial charge in [0, 0.05) is 18.7 Å². The lowest BCUT2D eigenvalue weighted by Gasteiger charge is -2.21. The van der Waals surface area contributed by atoms with Gasteiger partial charge in [0.05, 0.1) is 19.8 Å². The third-order valence-electron chi connectivity index (χ3n) is 4.98. The van der Waals surface area contributed by atoms with E-state index in [0.29, 0.717) is 17.1 Å². The van der Waals surface area contributed by atoms with E-state index >= 15 is 0 Å². The lowest BCUT2D eigenvalue weighted by atomic mass is 10.0. The summed E-state index contributed by atoms with van der Waals surface area (Å²) in [6, 6.07) is 6.99. The van der Waals surface area contributed by atoms with Crippen LogP contribution in [-0.4, -0.2) is 49.0 Å². The van der Waals surface area contributed by atoms with E-state index in [2.05, 4.69) is 15.4 Å². The van der Waals surface area contributed by atoms with Crippen molar-refractivity contribution in [3.8, 4) is 17.1 Å². The Balaban J connectivity index is 1.99. The number of aliphatic hydroxyl groups excluding tert-OH is 1. The molecule has 3 rings (SSSR count). The van der Waals surface area contributed by atoms with Gasteiger partial charge in [-0.3, -0.25) is 4.79 Å². The molecule has 1 saturated heterocycles. The zero-order valence-electron chi connectivity index (χ0n) is 16.1. The summed E-state index contributed by atoms with van der Waals surface area (Å²) in [4.78, 5) is 15.2. The van der Waals surface area contributed by atoms with Crippen LogP contribution in [0.5, 0.6) is 5.75 Å².